The second-order valence-electron chi connectivity index (χ2n) is 7.35. The number of nitrogens with one attached hydrogen (secondary N) is 3. The highest BCUT2D eigenvalue weighted by molar-refractivity contribution is 5.97. The van der Waals surface area contributed by atoms with Crippen LogP contribution >= 0.6 is 0 Å². The van der Waals surface area contributed by atoms with Gasteiger partial charge >= 0.3 is 0 Å². The van der Waals surface area contributed by atoms with Gasteiger partial charge in [0, 0.05) is 17.7 Å². The van der Waals surface area contributed by atoms with Crippen LogP contribution in [0.15, 0.2) is 36.4 Å². The van der Waals surface area contributed by atoms with Gasteiger partial charge in [0.2, 0.25) is 0 Å². The van der Waals surface area contributed by atoms with Crippen LogP contribution in [0.25, 0.3) is 33.5 Å². The van der Waals surface area contributed by atoms with Crippen LogP contribution in [0, 0.1) is 0 Å². The predicted molar refractivity (Wildman–Crippen MR) is 115 cm³/mol. The number of rotatable bonds is 7. The van der Waals surface area contributed by atoms with E-state index in [2.05, 4.69) is 30.2 Å². The summed E-state index contributed by atoms with van der Waals surface area (Å²) in [7, 11) is 4.04. The highest BCUT2D eigenvalue weighted by atomic mass is 16.1. The Kier molecular flexibility index (Phi) is 5.28. The zero-order valence-corrected chi connectivity index (χ0v) is 16.6. The second kappa shape index (κ2) is 8.02. The quantitative estimate of drug-likeness (QED) is 0.361. The van der Waals surface area contributed by atoms with E-state index in [1.807, 2.05) is 44.4 Å². The van der Waals surface area contributed by atoms with E-state index in [0.717, 1.165) is 52.2 Å². The summed E-state index contributed by atoms with van der Waals surface area (Å²) in [5, 5.41) is 2.96. The summed E-state index contributed by atoms with van der Waals surface area (Å²) in [5.74, 6) is 1.42. The fourth-order valence-electron chi connectivity index (χ4n) is 3.29. The number of hydrogen-bond donors (Lipinski definition) is 4. The molecule has 2 aromatic carbocycles. The second-order valence-corrected chi connectivity index (χ2v) is 7.35. The van der Waals surface area contributed by atoms with Crippen molar-refractivity contribution in [2.75, 3.05) is 27.2 Å². The number of nitrogens with zero attached hydrogens (tertiary/aromatic N) is 3. The van der Waals surface area contributed by atoms with E-state index in [1.165, 1.54) is 0 Å². The van der Waals surface area contributed by atoms with Crippen molar-refractivity contribution in [3.63, 3.8) is 0 Å². The van der Waals surface area contributed by atoms with Crippen molar-refractivity contribution in [3.8, 4) is 11.4 Å². The maximum atomic E-state index is 12.4. The van der Waals surface area contributed by atoms with Gasteiger partial charge in [-0.25, -0.2) is 9.97 Å². The maximum Gasteiger partial charge on any atom is 0.251 e. The highest BCUT2D eigenvalue weighted by Crippen LogP contribution is 2.24. The first-order valence-electron chi connectivity index (χ1n) is 9.65. The largest absolute Gasteiger partial charge is 0.352 e. The first-order chi connectivity index (χ1) is 14.0. The van der Waals surface area contributed by atoms with Crippen molar-refractivity contribution >= 4 is 28.0 Å². The summed E-state index contributed by atoms with van der Waals surface area (Å²) in [5.41, 5.74) is 10.7. The number of aromatic nitrogens is 4. The third-order valence-corrected chi connectivity index (χ3v) is 4.81. The summed E-state index contributed by atoms with van der Waals surface area (Å²) in [6, 6.07) is 11.4. The van der Waals surface area contributed by atoms with Crippen LogP contribution in [0.5, 0.6) is 0 Å². The molecule has 29 heavy (non-hydrogen) atoms. The number of aromatic amines is 2. The lowest BCUT2D eigenvalue weighted by atomic mass is 10.2. The van der Waals surface area contributed by atoms with Crippen molar-refractivity contribution in [1.82, 2.24) is 30.2 Å². The van der Waals surface area contributed by atoms with Gasteiger partial charge in [0.25, 0.3) is 5.91 Å². The third kappa shape index (κ3) is 4.13. The lowest BCUT2D eigenvalue weighted by Crippen LogP contribution is -2.27. The molecule has 0 saturated heterocycles. The molecule has 8 heteroatoms. The SMILES string of the molecule is CN(C)CCCNC(=O)c1ccc2nc(-c3ccc4nc(CN)[nH]c4c3)[nH]c2c1. The Morgan fingerprint density at radius 1 is 1.07 bits per heavy atom. The number of amides is 1. The van der Waals surface area contributed by atoms with E-state index < -0.39 is 0 Å². The summed E-state index contributed by atoms with van der Waals surface area (Å²) in [6.45, 7) is 1.96. The molecule has 5 N–H and O–H groups in total. The Balaban J connectivity index is 1.54. The van der Waals surface area contributed by atoms with Crippen molar-refractivity contribution in [1.29, 1.82) is 0 Å². The van der Waals surface area contributed by atoms with Gasteiger partial charge in [-0.1, -0.05) is 0 Å². The van der Waals surface area contributed by atoms with Crippen LogP contribution in [0.4, 0.5) is 0 Å². The molecule has 0 spiro atoms. The number of hydrogen-bond acceptors (Lipinski definition) is 5. The van der Waals surface area contributed by atoms with Crippen LogP contribution < -0.4 is 11.1 Å². The number of carbonyl (C=O) groups is 1. The number of fused-ring (bicyclic) bond motifs is 2. The van der Waals surface area contributed by atoms with Crippen molar-refractivity contribution in [2.24, 2.45) is 5.73 Å². The van der Waals surface area contributed by atoms with E-state index in [1.54, 1.807) is 6.07 Å². The molecule has 2 heterocycles. The average molecular weight is 391 g/mol. The Labute approximate surface area is 168 Å². The van der Waals surface area contributed by atoms with E-state index in [-0.39, 0.29) is 5.91 Å². The van der Waals surface area contributed by atoms with E-state index >= 15 is 0 Å². The molecule has 150 valence electrons. The van der Waals surface area contributed by atoms with Gasteiger partial charge in [0.15, 0.2) is 0 Å². The zero-order chi connectivity index (χ0) is 20.4. The van der Waals surface area contributed by atoms with E-state index in [9.17, 15) is 4.79 Å². The van der Waals surface area contributed by atoms with Crippen LogP contribution in [0.1, 0.15) is 22.6 Å². The highest BCUT2D eigenvalue weighted by Gasteiger charge is 2.11. The fraction of sp³-hybridized carbons (Fsp3) is 0.286. The number of benzene rings is 2. The Bertz CT molecular complexity index is 1160. The molecule has 0 fully saturated rings. The molecule has 0 saturated carbocycles. The predicted octanol–water partition coefficient (Wildman–Crippen LogP) is 2.25. The molecule has 0 unspecified atom stereocenters. The minimum absolute atomic E-state index is 0.0741. The molecule has 0 aliphatic rings. The number of carbonyl (C=O) groups excluding carboxylic acids is 1. The van der Waals surface area contributed by atoms with Gasteiger partial charge in [-0.3, -0.25) is 4.79 Å². The van der Waals surface area contributed by atoms with Gasteiger partial charge in [-0.2, -0.15) is 0 Å². The molecule has 1 amide bonds. The molecule has 0 atom stereocenters. The molecule has 0 radical (unpaired) electrons. The van der Waals surface area contributed by atoms with Gasteiger partial charge < -0.3 is 25.9 Å². The summed E-state index contributed by atoms with van der Waals surface area (Å²) in [6.07, 6.45) is 0.914. The molecular weight excluding hydrogens is 366 g/mol. The summed E-state index contributed by atoms with van der Waals surface area (Å²) in [4.78, 5) is 30.1. The van der Waals surface area contributed by atoms with Crippen molar-refractivity contribution in [3.05, 3.63) is 47.8 Å². The van der Waals surface area contributed by atoms with Gasteiger partial charge in [-0.15, -0.1) is 0 Å². The Hall–Kier alpha value is -3.23. The van der Waals surface area contributed by atoms with Gasteiger partial charge in [-0.05, 0) is 63.5 Å². The number of H-pyrrole nitrogens is 2. The van der Waals surface area contributed by atoms with Crippen molar-refractivity contribution < 1.29 is 4.79 Å². The maximum absolute atomic E-state index is 12.4. The molecule has 0 bridgehead atoms. The van der Waals surface area contributed by atoms with Crippen LogP contribution in [-0.2, 0) is 6.54 Å². The molecular formula is C21H25N7O. The standard InChI is InChI=1S/C21H25N7O/c1-28(2)9-3-8-23-21(29)14-5-7-16-18(11-14)27-20(26-16)13-4-6-15-17(10-13)25-19(12-22)24-15/h4-7,10-11H,3,8-9,12,22H2,1-2H3,(H,23,29)(H,24,25)(H,26,27). The molecule has 0 aliphatic heterocycles. The van der Waals surface area contributed by atoms with E-state index in [4.69, 9.17) is 5.73 Å². The molecule has 2 aromatic heterocycles. The van der Waals surface area contributed by atoms with Gasteiger partial charge in [0.05, 0.1) is 28.6 Å². The van der Waals surface area contributed by atoms with E-state index in [0.29, 0.717) is 18.7 Å². The Morgan fingerprint density at radius 2 is 1.83 bits per heavy atom. The third-order valence-electron chi connectivity index (χ3n) is 4.81. The average Bonchev–Trinajstić information content (AvgIpc) is 3.33. The molecule has 8 nitrogen and oxygen atoms in total. The monoisotopic (exact) mass is 391 g/mol. The first kappa shape index (κ1) is 19.1. The van der Waals surface area contributed by atoms with Crippen LogP contribution in [-0.4, -0.2) is 57.9 Å². The van der Waals surface area contributed by atoms with Crippen LogP contribution in [0.3, 0.4) is 0 Å². The normalized spacial score (nSPS) is 11.6. The zero-order valence-electron chi connectivity index (χ0n) is 16.6. The van der Waals surface area contributed by atoms with Crippen molar-refractivity contribution in [2.45, 2.75) is 13.0 Å². The lowest BCUT2D eigenvalue weighted by Gasteiger charge is -2.09. The first-order valence-corrected chi connectivity index (χ1v) is 9.65. The fourth-order valence-corrected chi connectivity index (χ4v) is 3.29. The minimum atomic E-state index is -0.0741. The number of nitrogens with two attached hydrogens (primary N) is 1. The molecule has 4 aromatic rings. The number of imidazole rings is 2. The molecule has 4 rings (SSSR count). The lowest BCUT2D eigenvalue weighted by molar-refractivity contribution is 0.0952. The van der Waals surface area contributed by atoms with Gasteiger partial charge in [0.1, 0.15) is 11.6 Å². The topological polar surface area (TPSA) is 116 Å². The summed E-state index contributed by atoms with van der Waals surface area (Å²) >= 11 is 0. The Morgan fingerprint density at radius 3 is 2.62 bits per heavy atom. The smallest absolute Gasteiger partial charge is 0.251 e. The minimum Gasteiger partial charge on any atom is -0.352 e. The van der Waals surface area contributed by atoms with Crippen LogP contribution in [0.2, 0.25) is 0 Å². The summed E-state index contributed by atoms with van der Waals surface area (Å²) < 4.78 is 0. The molecule has 0 aliphatic carbocycles.